The highest BCUT2D eigenvalue weighted by atomic mass is 32.1. The average Bonchev–Trinajstić information content (AvgIpc) is 2.85. The third-order valence-corrected chi connectivity index (χ3v) is 4.56. The number of methoxy groups -OCH3 is 1. The summed E-state index contributed by atoms with van der Waals surface area (Å²) in [5.74, 6) is -0.249. The zero-order chi connectivity index (χ0) is 15.9. The molecule has 0 amide bonds. The lowest BCUT2D eigenvalue weighted by Gasteiger charge is -2.05. The number of rotatable bonds is 3. The molecule has 2 heterocycles. The lowest BCUT2D eigenvalue weighted by atomic mass is 10.1. The van der Waals surface area contributed by atoms with E-state index in [4.69, 9.17) is 10.5 Å². The molecule has 0 saturated heterocycles. The number of aryl methyl sites for hydroxylation is 1. The number of hydrogen-bond acceptors (Lipinski definition) is 5. The Kier molecular flexibility index (Phi) is 3.46. The van der Waals surface area contributed by atoms with Crippen molar-refractivity contribution in [1.82, 2.24) is 4.98 Å². The van der Waals surface area contributed by atoms with Crippen LogP contribution in [0.3, 0.4) is 0 Å². The average molecular weight is 314 g/mol. The minimum Gasteiger partial charge on any atom is -0.497 e. The number of nitrogens with two attached hydrogens (primary N) is 1. The van der Waals surface area contributed by atoms with E-state index in [0.29, 0.717) is 10.5 Å². The number of carbonyl (C=O) groups is 1. The molecule has 0 radical (unpaired) electrons. The van der Waals surface area contributed by atoms with Crippen LogP contribution in [0.2, 0.25) is 0 Å². The van der Waals surface area contributed by atoms with Gasteiger partial charge in [0.2, 0.25) is 0 Å². The number of carboxylic acids is 1. The second-order valence-corrected chi connectivity index (χ2v) is 5.88. The predicted molar refractivity (Wildman–Crippen MR) is 87.7 cm³/mol. The van der Waals surface area contributed by atoms with Crippen LogP contribution in [0.5, 0.6) is 5.75 Å². The number of thiophene rings is 1. The van der Waals surface area contributed by atoms with Crippen molar-refractivity contribution in [2.75, 3.05) is 12.8 Å². The topological polar surface area (TPSA) is 85.4 Å². The van der Waals surface area contributed by atoms with Crippen LogP contribution in [0, 0.1) is 6.92 Å². The monoisotopic (exact) mass is 314 g/mol. The smallest absolute Gasteiger partial charge is 0.348 e. The molecule has 0 fully saturated rings. The molecule has 0 atom stereocenters. The van der Waals surface area contributed by atoms with Crippen molar-refractivity contribution in [3.8, 4) is 17.0 Å². The molecule has 22 heavy (non-hydrogen) atoms. The van der Waals surface area contributed by atoms with Crippen molar-refractivity contribution in [2.45, 2.75) is 6.92 Å². The number of carboxylic acid groups (broad SMARTS) is 1. The van der Waals surface area contributed by atoms with Crippen LogP contribution in [-0.4, -0.2) is 23.2 Å². The van der Waals surface area contributed by atoms with Gasteiger partial charge in [-0.2, -0.15) is 0 Å². The number of benzene rings is 1. The largest absolute Gasteiger partial charge is 0.497 e. The van der Waals surface area contributed by atoms with E-state index in [1.807, 2.05) is 37.3 Å². The molecule has 0 saturated carbocycles. The normalized spacial score (nSPS) is 10.8. The first-order chi connectivity index (χ1) is 10.5. The van der Waals surface area contributed by atoms with Gasteiger partial charge in [-0.25, -0.2) is 9.78 Å². The van der Waals surface area contributed by atoms with Crippen molar-refractivity contribution in [1.29, 1.82) is 0 Å². The summed E-state index contributed by atoms with van der Waals surface area (Å²) >= 11 is 1.10. The second-order valence-electron chi connectivity index (χ2n) is 4.88. The second kappa shape index (κ2) is 5.31. The molecule has 0 aliphatic rings. The van der Waals surface area contributed by atoms with Gasteiger partial charge in [0.15, 0.2) is 0 Å². The number of fused-ring (bicyclic) bond motifs is 1. The summed E-state index contributed by atoms with van der Waals surface area (Å²) in [6.07, 6.45) is 0. The first-order valence-corrected chi connectivity index (χ1v) is 7.40. The Hall–Kier alpha value is -2.60. The van der Waals surface area contributed by atoms with E-state index in [1.165, 1.54) is 0 Å². The predicted octanol–water partition coefficient (Wildman–Crippen LogP) is 3.56. The van der Waals surface area contributed by atoms with E-state index in [9.17, 15) is 9.90 Å². The van der Waals surface area contributed by atoms with Gasteiger partial charge in [0, 0.05) is 10.9 Å². The summed E-state index contributed by atoms with van der Waals surface area (Å²) in [5.41, 5.74) is 8.87. The van der Waals surface area contributed by atoms with Gasteiger partial charge in [0.05, 0.1) is 18.5 Å². The van der Waals surface area contributed by atoms with Crippen molar-refractivity contribution in [3.05, 3.63) is 40.8 Å². The van der Waals surface area contributed by atoms with Crippen LogP contribution in [0.4, 0.5) is 5.69 Å². The van der Waals surface area contributed by atoms with E-state index in [1.54, 1.807) is 7.11 Å². The number of anilines is 1. The van der Waals surface area contributed by atoms with Gasteiger partial charge in [-0.3, -0.25) is 0 Å². The van der Waals surface area contributed by atoms with Crippen LogP contribution < -0.4 is 10.5 Å². The van der Waals surface area contributed by atoms with Gasteiger partial charge in [-0.1, -0.05) is 0 Å². The standard InChI is InChI=1S/C16H14N2O3S/c1-8-7-11(9-3-5-10(21-2)6-4-9)18-15-12(8)13(17)14(22-15)16(19)20/h3-7H,17H2,1-2H3,(H,19,20). The first-order valence-electron chi connectivity index (χ1n) is 6.58. The SMILES string of the molecule is COc1ccc(-c2cc(C)c3c(N)c(C(=O)O)sc3n2)cc1. The summed E-state index contributed by atoms with van der Waals surface area (Å²) in [6, 6.07) is 9.48. The number of nitrogen functional groups attached to an aromatic ring is 1. The Morgan fingerprint density at radius 2 is 2.00 bits per heavy atom. The van der Waals surface area contributed by atoms with E-state index < -0.39 is 5.97 Å². The molecule has 0 aliphatic heterocycles. The van der Waals surface area contributed by atoms with Crippen molar-refractivity contribution < 1.29 is 14.6 Å². The molecular formula is C16H14N2O3S. The molecule has 0 spiro atoms. The van der Waals surface area contributed by atoms with Gasteiger partial charge in [0.1, 0.15) is 15.5 Å². The fourth-order valence-corrected chi connectivity index (χ4v) is 3.39. The molecule has 3 aromatic rings. The highest BCUT2D eigenvalue weighted by Gasteiger charge is 2.18. The third kappa shape index (κ3) is 2.27. The highest BCUT2D eigenvalue weighted by Crippen LogP contribution is 2.36. The Morgan fingerprint density at radius 1 is 1.32 bits per heavy atom. The molecule has 3 rings (SSSR count). The number of hydrogen-bond donors (Lipinski definition) is 2. The maximum atomic E-state index is 11.2. The Balaban J connectivity index is 2.17. The number of pyridine rings is 1. The molecule has 6 heteroatoms. The van der Waals surface area contributed by atoms with E-state index in [-0.39, 0.29) is 4.88 Å². The number of aromatic carboxylic acids is 1. The molecule has 1 aromatic carbocycles. The number of ether oxygens (including phenoxy) is 1. The molecule has 0 aliphatic carbocycles. The van der Waals surface area contributed by atoms with E-state index in [2.05, 4.69) is 4.98 Å². The zero-order valence-corrected chi connectivity index (χ0v) is 12.9. The quantitative estimate of drug-likeness (QED) is 0.772. The van der Waals surface area contributed by atoms with Crippen LogP contribution in [0.25, 0.3) is 21.5 Å². The zero-order valence-electron chi connectivity index (χ0n) is 12.1. The molecule has 112 valence electrons. The maximum Gasteiger partial charge on any atom is 0.348 e. The van der Waals surface area contributed by atoms with Crippen LogP contribution in [-0.2, 0) is 0 Å². The fourth-order valence-electron chi connectivity index (χ4n) is 2.38. The van der Waals surface area contributed by atoms with Gasteiger partial charge in [-0.05, 0) is 42.8 Å². The Labute approximate surface area is 131 Å². The molecular weight excluding hydrogens is 300 g/mol. The summed E-state index contributed by atoms with van der Waals surface area (Å²) in [6.45, 7) is 1.91. The molecule has 0 unspecified atom stereocenters. The Morgan fingerprint density at radius 3 is 2.59 bits per heavy atom. The van der Waals surface area contributed by atoms with Crippen LogP contribution in [0.15, 0.2) is 30.3 Å². The van der Waals surface area contributed by atoms with Crippen molar-refractivity contribution >= 4 is 33.2 Å². The number of nitrogens with zero attached hydrogens (tertiary/aromatic N) is 1. The third-order valence-electron chi connectivity index (χ3n) is 3.48. The lowest BCUT2D eigenvalue weighted by Crippen LogP contribution is -1.97. The summed E-state index contributed by atoms with van der Waals surface area (Å²) < 4.78 is 5.14. The molecule has 2 aromatic heterocycles. The maximum absolute atomic E-state index is 11.2. The van der Waals surface area contributed by atoms with Gasteiger partial charge in [-0.15, -0.1) is 11.3 Å². The minimum atomic E-state index is -1.02. The lowest BCUT2D eigenvalue weighted by molar-refractivity contribution is 0.0703. The molecule has 5 nitrogen and oxygen atoms in total. The van der Waals surface area contributed by atoms with Crippen molar-refractivity contribution in [2.24, 2.45) is 0 Å². The summed E-state index contributed by atoms with van der Waals surface area (Å²) in [5, 5.41) is 9.91. The van der Waals surface area contributed by atoms with Gasteiger partial charge < -0.3 is 15.6 Å². The van der Waals surface area contributed by atoms with E-state index in [0.717, 1.165) is 39.3 Å². The molecule has 0 bridgehead atoms. The van der Waals surface area contributed by atoms with Crippen LogP contribution >= 0.6 is 11.3 Å². The first kappa shape index (κ1) is 14.3. The van der Waals surface area contributed by atoms with Crippen molar-refractivity contribution in [3.63, 3.8) is 0 Å². The number of aromatic nitrogens is 1. The summed E-state index contributed by atoms with van der Waals surface area (Å²) in [4.78, 5) is 16.6. The van der Waals surface area contributed by atoms with E-state index >= 15 is 0 Å². The van der Waals surface area contributed by atoms with Gasteiger partial charge in [0.25, 0.3) is 0 Å². The Bertz CT molecular complexity index is 869. The summed E-state index contributed by atoms with van der Waals surface area (Å²) in [7, 11) is 1.62. The highest BCUT2D eigenvalue weighted by molar-refractivity contribution is 7.21. The fraction of sp³-hybridized carbons (Fsp3) is 0.125. The molecule has 3 N–H and O–H groups in total. The van der Waals surface area contributed by atoms with Crippen LogP contribution in [0.1, 0.15) is 15.2 Å². The van der Waals surface area contributed by atoms with Gasteiger partial charge >= 0.3 is 5.97 Å². The minimum absolute atomic E-state index is 0.137.